The summed E-state index contributed by atoms with van der Waals surface area (Å²) in [5.74, 6) is -0.467. The first-order valence-electron chi connectivity index (χ1n) is 10.5. The van der Waals surface area contributed by atoms with Gasteiger partial charge in [0.15, 0.2) is 5.82 Å². The van der Waals surface area contributed by atoms with Crippen LogP contribution < -0.4 is 10.1 Å². The van der Waals surface area contributed by atoms with E-state index in [1.807, 2.05) is 19.1 Å². The zero-order valence-electron chi connectivity index (χ0n) is 18.9. The Morgan fingerprint density at radius 1 is 0.939 bits per heavy atom. The number of aromatic nitrogens is 2. The molecule has 1 aromatic heterocycles. The maximum Gasteiger partial charge on any atom is 0.167 e. The van der Waals surface area contributed by atoms with Crippen molar-refractivity contribution in [3.8, 4) is 17.1 Å². The fourth-order valence-electron chi connectivity index (χ4n) is 3.00. The van der Waals surface area contributed by atoms with E-state index in [0.29, 0.717) is 48.3 Å². The van der Waals surface area contributed by atoms with Crippen molar-refractivity contribution in [2.75, 3.05) is 39.0 Å². The summed E-state index contributed by atoms with van der Waals surface area (Å²) < 4.78 is 50.1. The summed E-state index contributed by atoms with van der Waals surface area (Å²) in [4.78, 5) is 8.77. The lowest BCUT2D eigenvalue weighted by Crippen LogP contribution is -2.09. The average Bonchev–Trinajstić information content (AvgIpc) is 2.79. The summed E-state index contributed by atoms with van der Waals surface area (Å²) in [6, 6.07) is 10.9. The first-order chi connectivity index (χ1) is 16.0. The van der Waals surface area contributed by atoms with Gasteiger partial charge in [0.25, 0.3) is 0 Å². The second kappa shape index (κ2) is 12.2. The molecule has 0 fully saturated rings. The maximum absolute atomic E-state index is 14.4. The first-order valence-corrected chi connectivity index (χ1v) is 10.5. The number of halogens is 2. The SMILES string of the molecule is CCOCOCc1c(C)nc(-c2c(F)cccc2F)nc1Nc1ccc(OCCOC)cc1. The summed E-state index contributed by atoms with van der Waals surface area (Å²) in [6.45, 7) is 5.31. The molecular weight excluding hydrogens is 432 g/mol. The fraction of sp³-hybridized carbons (Fsp3) is 0.333. The number of rotatable bonds is 12. The first kappa shape index (κ1) is 24.5. The number of benzene rings is 2. The second-order valence-electron chi connectivity index (χ2n) is 7.01. The van der Waals surface area contributed by atoms with E-state index in [0.717, 1.165) is 0 Å². The van der Waals surface area contributed by atoms with Crippen LogP contribution in [0.5, 0.6) is 5.75 Å². The Morgan fingerprint density at radius 3 is 2.33 bits per heavy atom. The molecule has 0 atom stereocenters. The molecule has 2 aromatic carbocycles. The Hall–Kier alpha value is -3.14. The molecule has 176 valence electrons. The molecule has 0 radical (unpaired) electrons. The molecule has 0 saturated carbocycles. The van der Waals surface area contributed by atoms with Crippen LogP contribution in [-0.2, 0) is 20.8 Å². The van der Waals surface area contributed by atoms with Crippen LogP contribution >= 0.6 is 0 Å². The van der Waals surface area contributed by atoms with Crippen molar-refractivity contribution in [1.29, 1.82) is 0 Å². The molecule has 0 saturated heterocycles. The number of nitrogens with one attached hydrogen (secondary N) is 1. The van der Waals surface area contributed by atoms with Crippen LogP contribution in [0.15, 0.2) is 42.5 Å². The number of nitrogens with zero attached hydrogens (tertiary/aromatic N) is 2. The Balaban J connectivity index is 1.91. The number of anilines is 2. The lowest BCUT2D eigenvalue weighted by atomic mass is 10.1. The van der Waals surface area contributed by atoms with Crippen molar-refractivity contribution in [2.45, 2.75) is 20.5 Å². The molecule has 0 aliphatic rings. The lowest BCUT2D eigenvalue weighted by Gasteiger charge is -2.16. The van der Waals surface area contributed by atoms with E-state index < -0.39 is 11.6 Å². The highest BCUT2D eigenvalue weighted by Gasteiger charge is 2.19. The Morgan fingerprint density at radius 2 is 1.67 bits per heavy atom. The van der Waals surface area contributed by atoms with Crippen molar-refractivity contribution >= 4 is 11.5 Å². The molecule has 0 bridgehead atoms. The molecule has 9 heteroatoms. The van der Waals surface area contributed by atoms with Gasteiger partial charge in [0, 0.05) is 30.7 Å². The summed E-state index contributed by atoms with van der Waals surface area (Å²) >= 11 is 0. The monoisotopic (exact) mass is 459 g/mol. The minimum atomic E-state index is -0.738. The number of methoxy groups -OCH3 is 1. The number of aryl methyl sites for hydroxylation is 1. The molecule has 3 rings (SSSR count). The quantitative estimate of drug-likeness (QED) is 0.301. The van der Waals surface area contributed by atoms with E-state index in [-0.39, 0.29) is 24.8 Å². The number of hydrogen-bond acceptors (Lipinski definition) is 7. The number of hydrogen-bond donors (Lipinski definition) is 1. The highest BCUT2D eigenvalue weighted by atomic mass is 19.1. The van der Waals surface area contributed by atoms with Crippen molar-refractivity contribution in [3.05, 3.63) is 65.4 Å². The molecule has 33 heavy (non-hydrogen) atoms. The minimum Gasteiger partial charge on any atom is -0.491 e. The molecule has 0 aliphatic heterocycles. The third kappa shape index (κ3) is 6.67. The van der Waals surface area contributed by atoms with Gasteiger partial charge in [0.1, 0.15) is 36.6 Å². The van der Waals surface area contributed by atoms with Crippen molar-refractivity contribution in [3.63, 3.8) is 0 Å². The minimum absolute atomic E-state index is 0.0568. The van der Waals surface area contributed by atoms with Gasteiger partial charge in [-0.25, -0.2) is 18.7 Å². The summed E-state index contributed by atoms with van der Waals surface area (Å²) in [7, 11) is 1.61. The molecular formula is C24H27F2N3O4. The highest BCUT2D eigenvalue weighted by molar-refractivity contribution is 5.65. The molecule has 7 nitrogen and oxygen atoms in total. The van der Waals surface area contributed by atoms with E-state index >= 15 is 0 Å². The molecule has 0 spiro atoms. The second-order valence-corrected chi connectivity index (χ2v) is 7.01. The predicted molar refractivity (Wildman–Crippen MR) is 120 cm³/mol. The smallest absolute Gasteiger partial charge is 0.167 e. The Kier molecular flexibility index (Phi) is 9.05. The molecule has 3 aromatic rings. The maximum atomic E-state index is 14.4. The van der Waals surface area contributed by atoms with Crippen LogP contribution in [-0.4, -0.2) is 43.7 Å². The van der Waals surface area contributed by atoms with Gasteiger partial charge in [-0.2, -0.15) is 0 Å². The highest BCUT2D eigenvalue weighted by Crippen LogP contribution is 2.29. The largest absolute Gasteiger partial charge is 0.491 e. The fourth-order valence-corrected chi connectivity index (χ4v) is 3.00. The van der Waals surface area contributed by atoms with E-state index in [4.69, 9.17) is 18.9 Å². The van der Waals surface area contributed by atoms with Crippen LogP contribution in [0.1, 0.15) is 18.2 Å². The van der Waals surface area contributed by atoms with Crippen molar-refractivity contribution in [1.82, 2.24) is 9.97 Å². The van der Waals surface area contributed by atoms with Gasteiger partial charge >= 0.3 is 0 Å². The molecule has 1 heterocycles. The zero-order valence-corrected chi connectivity index (χ0v) is 18.9. The van der Waals surface area contributed by atoms with Crippen LogP contribution in [0, 0.1) is 18.6 Å². The normalized spacial score (nSPS) is 10.9. The summed E-state index contributed by atoms with van der Waals surface area (Å²) in [5.41, 5.74) is 1.60. The van der Waals surface area contributed by atoms with E-state index in [9.17, 15) is 8.78 Å². The van der Waals surface area contributed by atoms with E-state index in [1.165, 1.54) is 18.2 Å². The van der Waals surface area contributed by atoms with Crippen LogP contribution in [0.4, 0.5) is 20.3 Å². The molecule has 0 unspecified atom stereocenters. The summed E-state index contributed by atoms with van der Waals surface area (Å²) in [5, 5.41) is 3.20. The van der Waals surface area contributed by atoms with E-state index in [2.05, 4.69) is 15.3 Å². The van der Waals surface area contributed by atoms with Gasteiger partial charge in [-0.1, -0.05) is 6.07 Å². The van der Waals surface area contributed by atoms with Crippen molar-refractivity contribution < 1.29 is 27.7 Å². The van der Waals surface area contributed by atoms with Gasteiger partial charge in [-0.3, -0.25) is 0 Å². The van der Waals surface area contributed by atoms with E-state index in [1.54, 1.807) is 26.2 Å². The Bertz CT molecular complexity index is 1030. The third-order valence-corrected chi connectivity index (χ3v) is 4.69. The molecule has 0 amide bonds. The van der Waals surface area contributed by atoms with Crippen LogP contribution in [0.25, 0.3) is 11.4 Å². The van der Waals surface area contributed by atoms with Crippen molar-refractivity contribution in [2.24, 2.45) is 0 Å². The average molecular weight is 459 g/mol. The predicted octanol–water partition coefficient (Wildman–Crippen LogP) is 5.01. The molecule has 1 N–H and O–H groups in total. The lowest BCUT2D eigenvalue weighted by molar-refractivity contribution is -0.0572. The van der Waals surface area contributed by atoms with Gasteiger partial charge in [0.05, 0.1) is 18.8 Å². The van der Waals surface area contributed by atoms with Crippen LogP contribution in [0.3, 0.4) is 0 Å². The zero-order chi connectivity index (χ0) is 23.6. The number of ether oxygens (including phenoxy) is 4. The van der Waals surface area contributed by atoms with Gasteiger partial charge < -0.3 is 24.3 Å². The topological polar surface area (TPSA) is 74.7 Å². The van der Waals surface area contributed by atoms with Crippen LogP contribution in [0.2, 0.25) is 0 Å². The molecule has 0 aliphatic carbocycles. The standard InChI is InChI=1S/C24H27F2N3O4/c1-4-31-15-32-14-19-16(2)27-24(22-20(25)6-5-7-21(22)26)29-23(19)28-17-8-10-18(11-9-17)33-13-12-30-3/h5-11H,4,12-15H2,1-3H3,(H,27,28,29). The van der Waals surface area contributed by atoms with Gasteiger partial charge in [-0.05, 0) is 50.2 Å². The summed E-state index contributed by atoms with van der Waals surface area (Å²) in [6.07, 6.45) is 0. The van der Waals surface area contributed by atoms with Gasteiger partial charge in [0.2, 0.25) is 0 Å². The Labute approximate surface area is 191 Å². The van der Waals surface area contributed by atoms with Gasteiger partial charge in [-0.15, -0.1) is 0 Å². The third-order valence-electron chi connectivity index (χ3n) is 4.69.